The van der Waals surface area contributed by atoms with Crippen LogP contribution in [-0.2, 0) is 10.1 Å². The molecule has 6 heteroatoms. The molecule has 0 aliphatic rings. The van der Waals surface area contributed by atoms with Crippen LogP contribution in [0.5, 0.6) is 0 Å². The molecule has 0 bridgehead atoms. The average molecular weight is 387 g/mol. The summed E-state index contributed by atoms with van der Waals surface area (Å²) in [4.78, 5) is 0. The zero-order valence-electron chi connectivity index (χ0n) is 16.8. The van der Waals surface area contributed by atoms with E-state index in [0.717, 1.165) is 32.1 Å². The minimum atomic E-state index is -4.31. The Bertz CT molecular complexity index is 374. The maximum atomic E-state index is 11.4. The summed E-state index contributed by atoms with van der Waals surface area (Å²) in [7, 11) is -4.31. The van der Waals surface area contributed by atoms with Crippen LogP contribution in [0.3, 0.4) is 0 Å². The van der Waals surface area contributed by atoms with Crippen LogP contribution in [0.25, 0.3) is 0 Å². The number of hydrogen-bond acceptors (Lipinski definition) is 4. The molecular weight excluding hydrogens is 347 g/mol. The second kappa shape index (κ2) is 18.2. The van der Waals surface area contributed by atoms with Crippen molar-refractivity contribution in [2.24, 2.45) is 0 Å². The standard InChI is InChI=1S/C19H40O4S.Na/c1-3-5-7-8-9-10-11-12-13-14-16-19(24(21,22)23)17-18(20)15-6-4-2;/h18-20H,3-17H2,1-2H3,(H,21,22,23);/q;+1/p-1. The van der Waals surface area contributed by atoms with Gasteiger partial charge in [-0.15, -0.1) is 0 Å². The topological polar surface area (TPSA) is 77.4 Å². The molecule has 0 rings (SSSR count). The van der Waals surface area contributed by atoms with E-state index in [9.17, 15) is 18.1 Å². The van der Waals surface area contributed by atoms with E-state index < -0.39 is 21.5 Å². The molecule has 2 unspecified atom stereocenters. The third-order valence-electron chi connectivity index (χ3n) is 4.71. The fourth-order valence-corrected chi connectivity index (χ4v) is 4.01. The number of aliphatic hydroxyl groups excluding tert-OH is 1. The Morgan fingerprint density at radius 1 is 0.760 bits per heavy atom. The van der Waals surface area contributed by atoms with Gasteiger partial charge in [-0.25, -0.2) is 8.42 Å². The van der Waals surface area contributed by atoms with Gasteiger partial charge in [0.25, 0.3) is 0 Å². The van der Waals surface area contributed by atoms with Crippen molar-refractivity contribution in [3.05, 3.63) is 0 Å². The molecule has 0 saturated carbocycles. The fourth-order valence-electron chi connectivity index (χ4n) is 3.10. The van der Waals surface area contributed by atoms with Gasteiger partial charge in [-0.05, 0) is 19.3 Å². The van der Waals surface area contributed by atoms with Crippen molar-refractivity contribution in [1.29, 1.82) is 0 Å². The first-order valence-electron chi connectivity index (χ1n) is 10.0. The average Bonchev–Trinajstić information content (AvgIpc) is 2.52. The van der Waals surface area contributed by atoms with Crippen LogP contribution < -0.4 is 29.6 Å². The van der Waals surface area contributed by atoms with Crippen molar-refractivity contribution in [1.82, 2.24) is 0 Å². The minimum absolute atomic E-state index is 0. The summed E-state index contributed by atoms with van der Waals surface area (Å²) in [5.41, 5.74) is 0. The molecule has 0 aromatic rings. The second-order valence-electron chi connectivity index (χ2n) is 7.12. The van der Waals surface area contributed by atoms with Crippen molar-refractivity contribution >= 4 is 10.1 Å². The molecule has 0 spiro atoms. The van der Waals surface area contributed by atoms with E-state index in [0.29, 0.717) is 12.8 Å². The first kappa shape index (κ1) is 28.1. The van der Waals surface area contributed by atoms with Gasteiger partial charge in [0.1, 0.15) is 0 Å². The van der Waals surface area contributed by atoms with E-state index >= 15 is 0 Å². The van der Waals surface area contributed by atoms with E-state index in [2.05, 4.69) is 6.92 Å². The Balaban J connectivity index is 0. The van der Waals surface area contributed by atoms with E-state index in [-0.39, 0.29) is 36.0 Å². The summed E-state index contributed by atoms with van der Waals surface area (Å²) in [6.45, 7) is 4.25. The molecule has 0 radical (unpaired) electrons. The third-order valence-corrected chi connectivity index (χ3v) is 5.96. The van der Waals surface area contributed by atoms with Crippen LogP contribution in [-0.4, -0.2) is 29.4 Å². The van der Waals surface area contributed by atoms with E-state index in [1.165, 1.54) is 44.9 Å². The van der Waals surface area contributed by atoms with Gasteiger partial charge in [-0.3, -0.25) is 0 Å². The zero-order chi connectivity index (χ0) is 18.3. The number of unbranched alkanes of at least 4 members (excludes halogenated alkanes) is 10. The van der Waals surface area contributed by atoms with Gasteiger partial charge >= 0.3 is 29.6 Å². The van der Waals surface area contributed by atoms with E-state index in [1.54, 1.807) is 0 Å². The molecule has 2 atom stereocenters. The fraction of sp³-hybridized carbons (Fsp3) is 1.00. The van der Waals surface area contributed by atoms with E-state index in [4.69, 9.17) is 0 Å². The summed E-state index contributed by atoms with van der Waals surface area (Å²) in [5.74, 6) is 0. The first-order valence-corrected chi connectivity index (χ1v) is 11.5. The Morgan fingerprint density at radius 3 is 1.64 bits per heavy atom. The van der Waals surface area contributed by atoms with Gasteiger partial charge in [0.2, 0.25) is 0 Å². The molecule has 0 saturated heterocycles. The largest absolute Gasteiger partial charge is 1.00 e. The first-order chi connectivity index (χ1) is 11.4. The van der Waals surface area contributed by atoms with Crippen LogP contribution in [0.1, 0.15) is 110 Å². The van der Waals surface area contributed by atoms with Crippen LogP contribution in [0, 0.1) is 0 Å². The molecule has 25 heavy (non-hydrogen) atoms. The summed E-state index contributed by atoms with van der Waals surface area (Å²) in [5, 5.41) is 8.95. The predicted octanol–water partition coefficient (Wildman–Crippen LogP) is 2.16. The van der Waals surface area contributed by atoms with Gasteiger partial charge in [0, 0.05) is 0 Å². The van der Waals surface area contributed by atoms with Crippen LogP contribution in [0.2, 0.25) is 0 Å². The van der Waals surface area contributed by atoms with Crippen molar-refractivity contribution < 1.29 is 47.6 Å². The predicted molar refractivity (Wildman–Crippen MR) is 100 cm³/mol. The maximum absolute atomic E-state index is 11.4. The van der Waals surface area contributed by atoms with Crippen LogP contribution in [0.4, 0.5) is 0 Å². The Hall–Kier alpha value is 0.870. The molecule has 0 aromatic heterocycles. The molecule has 146 valence electrons. The Kier molecular flexibility index (Phi) is 20.5. The Labute approximate surface area is 178 Å². The van der Waals surface area contributed by atoms with E-state index in [1.807, 2.05) is 6.92 Å². The minimum Gasteiger partial charge on any atom is -0.748 e. The van der Waals surface area contributed by atoms with Gasteiger partial charge in [0.05, 0.1) is 21.5 Å². The molecule has 0 aromatic carbocycles. The zero-order valence-corrected chi connectivity index (χ0v) is 19.7. The van der Waals surface area contributed by atoms with Gasteiger partial charge in [-0.2, -0.15) is 0 Å². The monoisotopic (exact) mass is 386 g/mol. The third kappa shape index (κ3) is 18.0. The molecule has 0 aliphatic heterocycles. The molecule has 1 N–H and O–H groups in total. The number of hydrogen-bond donors (Lipinski definition) is 1. The molecular formula is C19H39NaO4S. The smallest absolute Gasteiger partial charge is 0.748 e. The molecule has 0 fully saturated rings. The number of rotatable bonds is 17. The molecule has 0 aliphatic carbocycles. The molecule has 0 heterocycles. The normalized spacial score (nSPS) is 14.1. The van der Waals surface area contributed by atoms with Crippen LogP contribution in [0.15, 0.2) is 0 Å². The van der Waals surface area contributed by atoms with Gasteiger partial charge in [0.15, 0.2) is 0 Å². The second-order valence-corrected chi connectivity index (χ2v) is 8.77. The number of aliphatic hydroxyl groups is 1. The van der Waals surface area contributed by atoms with Gasteiger partial charge in [-0.1, -0.05) is 90.9 Å². The summed E-state index contributed by atoms with van der Waals surface area (Å²) in [6.07, 6.45) is 14.1. The quantitative estimate of drug-likeness (QED) is 0.236. The summed E-state index contributed by atoms with van der Waals surface area (Å²) >= 11 is 0. The van der Waals surface area contributed by atoms with Crippen molar-refractivity contribution in [2.75, 3.05) is 0 Å². The van der Waals surface area contributed by atoms with Crippen molar-refractivity contribution in [3.63, 3.8) is 0 Å². The summed E-state index contributed by atoms with van der Waals surface area (Å²) in [6, 6.07) is 0. The Morgan fingerprint density at radius 2 is 1.20 bits per heavy atom. The van der Waals surface area contributed by atoms with Crippen LogP contribution >= 0.6 is 0 Å². The molecule has 0 amide bonds. The summed E-state index contributed by atoms with van der Waals surface area (Å²) < 4.78 is 34.1. The van der Waals surface area contributed by atoms with Crippen molar-refractivity contribution in [2.45, 2.75) is 122 Å². The SMILES string of the molecule is CCCCCCCCCCCCC(CC(O)CCCC)S(=O)(=O)[O-].[Na+]. The van der Waals surface area contributed by atoms with Gasteiger partial charge < -0.3 is 9.66 Å². The van der Waals surface area contributed by atoms with Crippen molar-refractivity contribution in [3.8, 4) is 0 Å². The maximum Gasteiger partial charge on any atom is 1.00 e. The molecule has 4 nitrogen and oxygen atoms in total.